The van der Waals surface area contributed by atoms with Crippen LogP contribution in [0.1, 0.15) is 17.5 Å². The molecular formula is C21H22ClN3O. The van der Waals surface area contributed by atoms with Gasteiger partial charge in [-0.2, -0.15) is 5.10 Å². The summed E-state index contributed by atoms with van der Waals surface area (Å²) in [4.78, 5) is 14.7. The number of nitrogens with zero attached hydrogens (tertiary/aromatic N) is 3. The Labute approximate surface area is 158 Å². The highest BCUT2D eigenvalue weighted by atomic mass is 35.5. The number of rotatable bonds is 6. The molecule has 134 valence electrons. The van der Waals surface area contributed by atoms with E-state index in [1.165, 1.54) is 0 Å². The predicted molar refractivity (Wildman–Crippen MR) is 110 cm³/mol. The second-order valence-electron chi connectivity index (χ2n) is 6.56. The molecule has 0 N–H and O–H groups in total. The van der Waals surface area contributed by atoms with Crippen LogP contribution in [0.2, 0.25) is 5.02 Å². The molecule has 26 heavy (non-hydrogen) atoms. The fourth-order valence-corrected chi connectivity index (χ4v) is 2.90. The van der Waals surface area contributed by atoms with E-state index in [1.54, 1.807) is 10.9 Å². The van der Waals surface area contributed by atoms with Gasteiger partial charge in [0.15, 0.2) is 0 Å². The molecule has 3 rings (SSSR count). The zero-order valence-corrected chi connectivity index (χ0v) is 15.8. The Bertz CT molecular complexity index is 975. The monoisotopic (exact) mass is 367 g/mol. The molecule has 0 aliphatic heterocycles. The molecule has 5 heteroatoms. The number of hydrogen-bond donors (Lipinski definition) is 0. The second kappa shape index (κ2) is 8.30. The number of halogens is 1. The van der Waals surface area contributed by atoms with Gasteiger partial charge in [0, 0.05) is 17.0 Å². The average Bonchev–Trinajstić information content (AvgIpc) is 2.63. The van der Waals surface area contributed by atoms with Crippen LogP contribution in [0.3, 0.4) is 0 Å². The molecule has 1 aromatic heterocycles. The summed E-state index contributed by atoms with van der Waals surface area (Å²) >= 11 is 5.90. The lowest BCUT2D eigenvalue weighted by Crippen LogP contribution is -2.25. The molecule has 0 unspecified atom stereocenters. The first-order valence-electron chi connectivity index (χ1n) is 8.61. The van der Waals surface area contributed by atoms with Crippen molar-refractivity contribution in [2.75, 3.05) is 20.6 Å². The first-order chi connectivity index (χ1) is 12.5. The summed E-state index contributed by atoms with van der Waals surface area (Å²) < 4.78 is 1.55. The Kier molecular flexibility index (Phi) is 5.86. The Morgan fingerprint density at radius 3 is 2.50 bits per heavy atom. The number of hydrogen-bond acceptors (Lipinski definition) is 3. The summed E-state index contributed by atoms with van der Waals surface area (Å²) in [7, 11) is 4.05. The zero-order valence-electron chi connectivity index (χ0n) is 15.0. The van der Waals surface area contributed by atoms with Crippen LogP contribution in [0.15, 0.2) is 53.5 Å². The van der Waals surface area contributed by atoms with Gasteiger partial charge >= 0.3 is 0 Å². The largest absolute Gasteiger partial charge is 0.309 e. The van der Waals surface area contributed by atoms with Crippen LogP contribution in [0.5, 0.6) is 0 Å². The lowest BCUT2D eigenvalue weighted by Gasteiger charge is -2.10. The SMILES string of the molecule is CN(C)CCCn1ncc2cc(/C=C/c3ccc(Cl)cc3)ccc2c1=O. The summed E-state index contributed by atoms with van der Waals surface area (Å²) in [6, 6.07) is 13.5. The fourth-order valence-electron chi connectivity index (χ4n) is 2.77. The maximum Gasteiger partial charge on any atom is 0.274 e. The first-order valence-corrected chi connectivity index (χ1v) is 8.99. The van der Waals surface area contributed by atoms with Crippen molar-refractivity contribution in [3.8, 4) is 0 Å². The predicted octanol–water partition coefficient (Wildman–Crippen LogP) is 4.17. The van der Waals surface area contributed by atoms with E-state index < -0.39 is 0 Å². The molecule has 0 aliphatic rings. The highest BCUT2D eigenvalue weighted by Gasteiger charge is 2.04. The minimum Gasteiger partial charge on any atom is -0.309 e. The van der Waals surface area contributed by atoms with Gasteiger partial charge in [-0.05, 0) is 62.5 Å². The molecule has 3 aromatic rings. The third-order valence-electron chi connectivity index (χ3n) is 4.19. The minimum absolute atomic E-state index is 0.0329. The van der Waals surface area contributed by atoms with E-state index in [1.807, 2.05) is 68.7 Å². The topological polar surface area (TPSA) is 38.1 Å². The zero-order chi connectivity index (χ0) is 18.5. The van der Waals surface area contributed by atoms with Gasteiger partial charge in [0.05, 0.1) is 11.6 Å². The van der Waals surface area contributed by atoms with Crippen molar-refractivity contribution < 1.29 is 0 Å². The first kappa shape index (κ1) is 18.4. The van der Waals surface area contributed by atoms with Crippen molar-refractivity contribution >= 4 is 34.5 Å². The van der Waals surface area contributed by atoms with Crippen molar-refractivity contribution in [2.45, 2.75) is 13.0 Å². The maximum atomic E-state index is 12.6. The normalized spacial score (nSPS) is 11.7. The molecule has 0 atom stereocenters. The van der Waals surface area contributed by atoms with Crippen LogP contribution < -0.4 is 5.56 Å². The highest BCUT2D eigenvalue weighted by molar-refractivity contribution is 6.30. The van der Waals surface area contributed by atoms with Crippen LogP contribution >= 0.6 is 11.6 Å². The van der Waals surface area contributed by atoms with E-state index in [4.69, 9.17) is 11.6 Å². The van der Waals surface area contributed by atoms with Gasteiger partial charge in [-0.3, -0.25) is 4.79 Å². The standard InChI is InChI=1S/C21H22ClN3O/c1-24(2)12-3-13-25-21(26)20-11-8-17(14-18(20)15-23-25)5-4-16-6-9-19(22)10-7-16/h4-11,14-15H,3,12-13H2,1-2H3/b5-4+. The average molecular weight is 368 g/mol. The van der Waals surface area contributed by atoms with Crippen LogP contribution in [0, 0.1) is 0 Å². The molecule has 0 radical (unpaired) electrons. The molecule has 1 heterocycles. The summed E-state index contributed by atoms with van der Waals surface area (Å²) in [5, 5.41) is 6.60. The molecule has 2 aromatic carbocycles. The highest BCUT2D eigenvalue weighted by Crippen LogP contribution is 2.16. The third-order valence-corrected chi connectivity index (χ3v) is 4.44. The molecule has 0 fully saturated rings. The molecule has 0 saturated heterocycles. The molecule has 0 amide bonds. The van der Waals surface area contributed by atoms with E-state index in [0.717, 1.165) is 34.5 Å². The van der Waals surface area contributed by atoms with E-state index in [-0.39, 0.29) is 5.56 Å². The van der Waals surface area contributed by atoms with Crippen molar-refractivity contribution in [3.63, 3.8) is 0 Å². The fraction of sp³-hybridized carbons (Fsp3) is 0.238. The van der Waals surface area contributed by atoms with Gasteiger partial charge in [-0.15, -0.1) is 0 Å². The quantitative estimate of drug-likeness (QED) is 0.613. The van der Waals surface area contributed by atoms with Crippen LogP contribution in [-0.4, -0.2) is 35.3 Å². The lowest BCUT2D eigenvalue weighted by atomic mass is 10.1. The third kappa shape index (κ3) is 4.59. The van der Waals surface area contributed by atoms with E-state index in [9.17, 15) is 4.79 Å². The summed E-state index contributed by atoms with van der Waals surface area (Å²) in [6.07, 6.45) is 6.71. The lowest BCUT2D eigenvalue weighted by molar-refractivity contribution is 0.378. The van der Waals surface area contributed by atoms with E-state index in [2.05, 4.69) is 10.00 Å². The van der Waals surface area contributed by atoms with Gasteiger partial charge in [0.2, 0.25) is 0 Å². The molecule has 0 spiro atoms. The summed E-state index contributed by atoms with van der Waals surface area (Å²) in [6.45, 7) is 1.56. The van der Waals surface area contributed by atoms with Crippen molar-refractivity contribution in [1.82, 2.24) is 14.7 Å². The molecule has 4 nitrogen and oxygen atoms in total. The maximum absolute atomic E-state index is 12.6. The Balaban J connectivity index is 1.81. The Morgan fingerprint density at radius 2 is 1.77 bits per heavy atom. The second-order valence-corrected chi connectivity index (χ2v) is 7.00. The van der Waals surface area contributed by atoms with Gasteiger partial charge in [0.25, 0.3) is 5.56 Å². The van der Waals surface area contributed by atoms with Gasteiger partial charge in [0.1, 0.15) is 0 Å². The number of aryl methyl sites for hydroxylation is 1. The molecule has 0 bridgehead atoms. The van der Waals surface area contributed by atoms with E-state index in [0.29, 0.717) is 11.9 Å². The van der Waals surface area contributed by atoms with Gasteiger partial charge < -0.3 is 4.90 Å². The number of aromatic nitrogens is 2. The molecular weight excluding hydrogens is 346 g/mol. The Morgan fingerprint density at radius 1 is 1.08 bits per heavy atom. The van der Waals surface area contributed by atoms with Crippen LogP contribution in [0.4, 0.5) is 0 Å². The van der Waals surface area contributed by atoms with Gasteiger partial charge in [-0.1, -0.05) is 42.0 Å². The molecule has 0 aliphatic carbocycles. The Hall–Kier alpha value is -2.43. The summed E-state index contributed by atoms with van der Waals surface area (Å²) in [5.74, 6) is 0. The number of benzene rings is 2. The van der Waals surface area contributed by atoms with Crippen molar-refractivity contribution in [2.24, 2.45) is 0 Å². The number of fused-ring (bicyclic) bond motifs is 1. The van der Waals surface area contributed by atoms with Crippen molar-refractivity contribution in [3.05, 3.63) is 75.2 Å². The minimum atomic E-state index is -0.0329. The van der Waals surface area contributed by atoms with Crippen LogP contribution in [0.25, 0.3) is 22.9 Å². The van der Waals surface area contributed by atoms with Crippen LogP contribution in [-0.2, 0) is 6.54 Å². The molecule has 0 saturated carbocycles. The smallest absolute Gasteiger partial charge is 0.274 e. The van der Waals surface area contributed by atoms with Crippen molar-refractivity contribution in [1.29, 1.82) is 0 Å². The summed E-state index contributed by atoms with van der Waals surface area (Å²) in [5.41, 5.74) is 2.07. The van der Waals surface area contributed by atoms with E-state index >= 15 is 0 Å². The van der Waals surface area contributed by atoms with Gasteiger partial charge in [-0.25, -0.2) is 4.68 Å².